The normalized spacial score (nSPS) is 11.7. The van der Waals surface area contributed by atoms with Crippen LogP contribution in [0.5, 0.6) is 5.75 Å². The number of hydrogen-bond donors (Lipinski definition) is 3. The maximum Gasteiger partial charge on any atom is 0.319 e. The van der Waals surface area contributed by atoms with E-state index >= 15 is 0 Å². The van der Waals surface area contributed by atoms with Crippen LogP contribution in [0.15, 0.2) is 103 Å². The Morgan fingerprint density at radius 3 is 2.69 bits per heavy atom. The number of halogens is 1. The molecule has 7 heteroatoms. The molecule has 0 bridgehead atoms. The van der Waals surface area contributed by atoms with Gasteiger partial charge in [0.15, 0.2) is 0 Å². The van der Waals surface area contributed by atoms with Crippen LogP contribution in [-0.4, -0.2) is 29.2 Å². The molecule has 32 heavy (non-hydrogen) atoms. The van der Waals surface area contributed by atoms with Gasteiger partial charge in [-0.2, -0.15) is 0 Å². The van der Waals surface area contributed by atoms with Gasteiger partial charge in [0.05, 0.1) is 18.6 Å². The highest BCUT2D eigenvalue weighted by molar-refractivity contribution is 6.32. The molecule has 2 aromatic carbocycles. The first-order valence-electron chi connectivity index (χ1n) is 10.2. The average Bonchev–Trinajstić information content (AvgIpc) is 3.34. The number of aromatic nitrogens is 2. The number of rotatable bonds is 10. The van der Waals surface area contributed by atoms with Crippen LogP contribution in [0.2, 0.25) is 0 Å². The third-order valence-electron chi connectivity index (χ3n) is 4.49. The quantitative estimate of drug-likeness (QED) is 0.338. The fourth-order valence-electron chi connectivity index (χ4n) is 2.97. The summed E-state index contributed by atoms with van der Waals surface area (Å²) in [5, 5.41) is 6.05. The molecule has 0 saturated heterocycles. The number of H-pyrrole nitrogens is 1. The maximum atomic E-state index is 12.0. The van der Waals surface area contributed by atoms with E-state index in [-0.39, 0.29) is 12.6 Å². The van der Waals surface area contributed by atoms with Crippen molar-refractivity contribution in [3.8, 4) is 17.0 Å². The number of amides is 2. The lowest BCUT2D eigenvalue weighted by Gasteiger charge is -2.12. The van der Waals surface area contributed by atoms with Crippen LogP contribution in [-0.2, 0) is 0 Å². The Hall–Kier alpha value is -3.77. The van der Waals surface area contributed by atoms with Gasteiger partial charge in [0.25, 0.3) is 0 Å². The zero-order chi connectivity index (χ0) is 22.6. The van der Waals surface area contributed by atoms with Crippen molar-refractivity contribution < 1.29 is 9.53 Å². The maximum absolute atomic E-state index is 12.0. The lowest BCUT2D eigenvalue weighted by atomic mass is 10.1. The van der Waals surface area contributed by atoms with E-state index in [9.17, 15) is 4.79 Å². The highest BCUT2D eigenvalue weighted by atomic mass is 35.5. The number of urea groups is 1. The van der Waals surface area contributed by atoms with Gasteiger partial charge >= 0.3 is 6.03 Å². The van der Waals surface area contributed by atoms with Gasteiger partial charge in [0.2, 0.25) is 0 Å². The molecule has 0 radical (unpaired) electrons. The second kappa shape index (κ2) is 12.2. The molecule has 0 unspecified atom stereocenters. The largest absolute Gasteiger partial charge is 0.493 e. The van der Waals surface area contributed by atoms with E-state index in [0.29, 0.717) is 18.1 Å². The number of carbonyl (C=O) groups excluding carboxylic acids is 1. The summed E-state index contributed by atoms with van der Waals surface area (Å²) < 4.78 is 6.00. The van der Waals surface area contributed by atoms with Crippen molar-refractivity contribution in [1.82, 2.24) is 15.3 Å². The molecule has 6 nitrogen and oxygen atoms in total. The van der Waals surface area contributed by atoms with E-state index in [0.717, 1.165) is 28.3 Å². The Morgan fingerprint density at radius 2 is 1.94 bits per heavy atom. The summed E-state index contributed by atoms with van der Waals surface area (Å²) in [5.41, 5.74) is 3.32. The molecule has 3 aromatic rings. The molecule has 0 aliphatic rings. The highest BCUT2D eigenvalue weighted by Gasteiger charge is 2.09. The number of para-hydroxylation sites is 2. The van der Waals surface area contributed by atoms with Crippen LogP contribution in [0, 0.1) is 0 Å². The Morgan fingerprint density at radius 1 is 1.16 bits per heavy atom. The molecule has 3 rings (SSSR count). The fourth-order valence-corrected chi connectivity index (χ4v) is 3.20. The summed E-state index contributed by atoms with van der Waals surface area (Å²) in [4.78, 5) is 19.2. The first-order chi connectivity index (χ1) is 15.7. The van der Waals surface area contributed by atoms with Crippen molar-refractivity contribution in [1.29, 1.82) is 0 Å². The number of benzene rings is 2. The number of carbonyl (C=O) groups is 1. The molecule has 0 saturated carbocycles. The van der Waals surface area contributed by atoms with Gasteiger partial charge in [0, 0.05) is 35.4 Å². The molecule has 1 heterocycles. The van der Waals surface area contributed by atoms with Gasteiger partial charge in [-0.25, -0.2) is 9.78 Å². The number of imidazole rings is 1. The van der Waals surface area contributed by atoms with E-state index < -0.39 is 0 Å². The van der Waals surface area contributed by atoms with E-state index in [1.165, 1.54) is 0 Å². The average molecular weight is 449 g/mol. The predicted octanol–water partition coefficient (Wildman–Crippen LogP) is 5.90. The number of ether oxygens (including phenoxy) is 1. The molecule has 3 N–H and O–H groups in total. The van der Waals surface area contributed by atoms with Crippen LogP contribution < -0.4 is 15.4 Å². The van der Waals surface area contributed by atoms with Gasteiger partial charge in [-0.15, -0.1) is 0 Å². The number of allylic oxidation sites excluding steroid dienone is 3. The monoisotopic (exact) mass is 448 g/mol. The molecule has 0 spiro atoms. The summed E-state index contributed by atoms with van der Waals surface area (Å²) in [7, 11) is 0. The molecular formula is C25H25ClN4O2. The van der Waals surface area contributed by atoms with E-state index in [4.69, 9.17) is 16.3 Å². The topological polar surface area (TPSA) is 79.0 Å². The van der Waals surface area contributed by atoms with Gasteiger partial charge in [0.1, 0.15) is 5.75 Å². The van der Waals surface area contributed by atoms with Crippen LogP contribution in [0.4, 0.5) is 10.5 Å². The highest BCUT2D eigenvalue weighted by Crippen LogP contribution is 2.28. The second-order valence-corrected chi connectivity index (χ2v) is 7.14. The minimum Gasteiger partial charge on any atom is -0.493 e. The molecule has 0 aliphatic heterocycles. The molecule has 164 valence electrons. The van der Waals surface area contributed by atoms with Crippen LogP contribution in [0.3, 0.4) is 0 Å². The molecule has 1 aromatic heterocycles. The molecule has 2 amide bonds. The van der Waals surface area contributed by atoms with Crippen molar-refractivity contribution in [2.45, 2.75) is 6.42 Å². The summed E-state index contributed by atoms with van der Waals surface area (Å²) in [5.74, 6) is 0.747. The second-order valence-electron chi connectivity index (χ2n) is 6.73. The number of nitrogens with zero attached hydrogens (tertiary/aromatic N) is 1. The fraction of sp³-hybridized carbons (Fsp3) is 0.120. The zero-order valence-corrected chi connectivity index (χ0v) is 18.3. The molecule has 0 fully saturated rings. The van der Waals surface area contributed by atoms with Crippen molar-refractivity contribution in [3.05, 3.63) is 103 Å². The van der Waals surface area contributed by atoms with Crippen LogP contribution in [0.1, 0.15) is 6.42 Å². The van der Waals surface area contributed by atoms with Gasteiger partial charge in [-0.05, 0) is 35.9 Å². The molecule has 0 atom stereocenters. The summed E-state index contributed by atoms with van der Waals surface area (Å²) in [6, 6.07) is 16.7. The first-order valence-corrected chi connectivity index (χ1v) is 10.5. The number of hydrogen-bond acceptors (Lipinski definition) is 3. The minimum absolute atomic E-state index is 0.287. The van der Waals surface area contributed by atoms with Gasteiger partial charge in [-0.1, -0.05) is 60.7 Å². The number of aromatic amines is 1. The summed E-state index contributed by atoms with van der Waals surface area (Å²) in [6.45, 7) is 4.47. The van der Waals surface area contributed by atoms with Crippen molar-refractivity contribution in [3.63, 3.8) is 0 Å². The summed E-state index contributed by atoms with van der Waals surface area (Å²) in [6.07, 6.45) is 9.30. The van der Waals surface area contributed by atoms with E-state index in [2.05, 4.69) is 27.2 Å². The van der Waals surface area contributed by atoms with Crippen molar-refractivity contribution >= 4 is 23.3 Å². The Kier molecular flexibility index (Phi) is 8.71. The molecular weight excluding hydrogens is 424 g/mol. The Bertz CT molecular complexity index is 1080. The van der Waals surface area contributed by atoms with Crippen LogP contribution >= 0.6 is 11.6 Å². The predicted molar refractivity (Wildman–Crippen MR) is 130 cm³/mol. The Labute approximate surface area is 192 Å². The smallest absolute Gasteiger partial charge is 0.319 e. The van der Waals surface area contributed by atoms with Gasteiger partial charge in [-0.3, -0.25) is 0 Å². The Balaban J connectivity index is 1.52. The van der Waals surface area contributed by atoms with Crippen LogP contribution in [0.25, 0.3) is 11.3 Å². The third-order valence-corrected chi connectivity index (χ3v) is 4.89. The number of anilines is 1. The minimum atomic E-state index is -0.301. The van der Waals surface area contributed by atoms with Gasteiger partial charge < -0.3 is 20.4 Å². The SMILES string of the molecule is C=C/C=C(CCOc1ccccc1-c1c[nH]cn1)\C(Cl)=C/CNC(=O)Nc1ccccc1. The molecule has 0 aliphatic carbocycles. The summed E-state index contributed by atoms with van der Waals surface area (Å²) >= 11 is 6.47. The third kappa shape index (κ3) is 6.89. The number of nitrogens with one attached hydrogen (secondary N) is 3. The lowest BCUT2D eigenvalue weighted by Crippen LogP contribution is -2.28. The van der Waals surface area contributed by atoms with E-state index in [1.807, 2.05) is 66.9 Å². The lowest BCUT2D eigenvalue weighted by molar-refractivity contribution is 0.253. The van der Waals surface area contributed by atoms with E-state index in [1.54, 1.807) is 18.5 Å². The first kappa shape index (κ1) is 22.9. The standard InChI is InChI=1S/C25H25ClN4O2/c1-2-8-19(22(26)13-15-28-25(31)30-20-9-4-3-5-10-20)14-16-32-24-12-7-6-11-21(24)23-17-27-18-29-23/h2-13,17-18H,1,14-16H2,(H,27,29)(H2,28,30,31)/b19-8-,22-13+. The zero-order valence-electron chi connectivity index (χ0n) is 17.6. The van der Waals surface area contributed by atoms with Crippen molar-refractivity contribution in [2.24, 2.45) is 0 Å². The van der Waals surface area contributed by atoms with Crippen molar-refractivity contribution in [2.75, 3.05) is 18.5 Å².